The number of halogens is 2. The topological polar surface area (TPSA) is 0 Å². The molecule has 164 valence electrons. The Bertz CT molecular complexity index is 641. The van der Waals surface area contributed by atoms with E-state index >= 15 is 0 Å². The summed E-state index contributed by atoms with van der Waals surface area (Å²) in [4.78, 5) is 0. The summed E-state index contributed by atoms with van der Waals surface area (Å²) >= 11 is 0. The van der Waals surface area contributed by atoms with E-state index in [9.17, 15) is 0 Å². The number of aryl methyl sites for hydroxylation is 3. The summed E-state index contributed by atoms with van der Waals surface area (Å²) in [5, 5.41) is 2.83. The summed E-state index contributed by atoms with van der Waals surface area (Å²) in [6.07, 6.45) is 6.41. The number of fused-ring (bicyclic) bond motifs is 2. The molecule has 0 N–H and O–H groups in total. The van der Waals surface area contributed by atoms with Crippen molar-refractivity contribution in [3.05, 3.63) is 101 Å². The van der Waals surface area contributed by atoms with Crippen molar-refractivity contribution in [1.29, 1.82) is 0 Å². The first-order chi connectivity index (χ1) is 9.86. The van der Waals surface area contributed by atoms with Gasteiger partial charge in [-0.05, 0) is 19.3 Å². The maximum absolute atomic E-state index is 2.36. The van der Waals surface area contributed by atoms with Crippen molar-refractivity contribution in [2.24, 2.45) is 0 Å². The predicted molar refractivity (Wildman–Crippen MR) is 125 cm³/mol. The molecule has 0 unspecified atom stereocenters. The fourth-order valence-corrected chi connectivity index (χ4v) is 3.08. The Hall–Kier alpha value is 0.0769. The molecule has 0 bridgehead atoms. The maximum Gasteiger partial charge on any atom is 0 e. The van der Waals surface area contributed by atoms with Crippen LogP contribution in [0.4, 0.5) is 0 Å². The SMILES string of the molecule is CCCc1cc[cH-]c1.[CH3-].[CH3-].[CH3-].[CH3-].[Cl-].[Cl-].[Si].[Si].[Zr].c1cc2cc3c(cc2[cH-]1)CCC3. The molecule has 8 radical (unpaired) electrons. The van der Waals surface area contributed by atoms with E-state index in [1.54, 1.807) is 11.1 Å². The molecule has 0 atom stereocenters. The molecule has 1 aliphatic carbocycles. The molecular weight excluding hydrogens is 507 g/mol. The van der Waals surface area contributed by atoms with Crippen molar-refractivity contribution >= 4 is 32.7 Å². The van der Waals surface area contributed by atoms with Crippen LogP contribution in [0.25, 0.3) is 10.8 Å². The molecule has 0 fully saturated rings. The van der Waals surface area contributed by atoms with Crippen molar-refractivity contribution in [2.75, 3.05) is 0 Å². The third-order valence-electron chi connectivity index (χ3n) is 4.12. The minimum atomic E-state index is 0. The Kier molecular flexibility index (Phi) is 39.5. The molecular formula is C24H34Cl2Si2Zr-8. The van der Waals surface area contributed by atoms with Gasteiger partial charge in [-0.3, -0.25) is 0 Å². The Morgan fingerprint density at radius 2 is 1.45 bits per heavy atom. The largest absolute Gasteiger partial charge is 1.00 e. The number of hydrogen-bond donors (Lipinski definition) is 0. The quantitative estimate of drug-likeness (QED) is 0.327. The molecule has 0 aromatic heterocycles. The molecule has 0 nitrogen and oxygen atoms in total. The minimum Gasteiger partial charge on any atom is -1.00 e. The van der Waals surface area contributed by atoms with E-state index in [2.05, 4.69) is 61.5 Å². The third kappa shape index (κ3) is 13.2. The third-order valence-corrected chi connectivity index (χ3v) is 4.12. The zero-order valence-corrected chi connectivity index (χ0v) is 24.5. The van der Waals surface area contributed by atoms with E-state index in [1.165, 1.54) is 48.4 Å². The maximum atomic E-state index is 2.36. The van der Waals surface area contributed by atoms with E-state index in [0.717, 1.165) is 0 Å². The summed E-state index contributed by atoms with van der Waals surface area (Å²) in [6, 6.07) is 19.8. The molecule has 0 amide bonds. The van der Waals surface area contributed by atoms with Gasteiger partial charge in [0.2, 0.25) is 0 Å². The molecule has 0 saturated carbocycles. The van der Waals surface area contributed by atoms with Crippen LogP contribution in [0.1, 0.15) is 36.5 Å². The summed E-state index contributed by atoms with van der Waals surface area (Å²) in [5.74, 6) is 0. The fraction of sp³-hybridized carbons (Fsp3) is 0.250. The van der Waals surface area contributed by atoms with Crippen LogP contribution in [0.3, 0.4) is 0 Å². The normalized spacial score (nSPS) is 9.00. The summed E-state index contributed by atoms with van der Waals surface area (Å²) in [5.41, 5.74) is 4.62. The van der Waals surface area contributed by atoms with Crippen LogP contribution in [0, 0.1) is 29.7 Å². The Labute approximate surface area is 222 Å². The second-order valence-electron chi connectivity index (χ2n) is 5.67. The minimum absolute atomic E-state index is 0. The standard InChI is InChI=1S/C12H11.C8H11.4CH3.2ClH.2Si.Zr/c1-3-9-7-11-5-2-6-12(11)8-10(9)4-1;1-2-5-8-6-3-4-7-8;;;;;;;;;/h1,3-4,7-8H,2,5-6H2;3-4,6-7H,2,5H2,1H3;4*1H3;2*1H;;;/q6*-1;;;;;/p-2. The van der Waals surface area contributed by atoms with Crippen molar-refractivity contribution in [1.82, 2.24) is 0 Å². The second-order valence-corrected chi connectivity index (χ2v) is 5.67. The fourth-order valence-electron chi connectivity index (χ4n) is 3.08. The Balaban J connectivity index is -0.0000000530. The summed E-state index contributed by atoms with van der Waals surface area (Å²) < 4.78 is 0. The second kappa shape index (κ2) is 24.3. The monoisotopic (exact) mass is 538 g/mol. The molecule has 5 heteroatoms. The van der Waals surface area contributed by atoms with Gasteiger partial charge in [-0.1, -0.05) is 30.9 Å². The van der Waals surface area contributed by atoms with Gasteiger partial charge in [-0.15, -0.1) is 29.0 Å². The zero-order chi connectivity index (χ0) is 13.8. The Morgan fingerprint density at radius 3 is 1.97 bits per heavy atom. The number of hydrogen-bond acceptors (Lipinski definition) is 0. The van der Waals surface area contributed by atoms with Gasteiger partial charge in [0, 0.05) is 48.1 Å². The van der Waals surface area contributed by atoms with Crippen molar-refractivity contribution < 1.29 is 51.0 Å². The molecule has 4 rings (SSSR count). The van der Waals surface area contributed by atoms with Crippen LogP contribution < -0.4 is 24.8 Å². The molecule has 0 spiro atoms. The average molecular weight is 541 g/mol. The van der Waals surface area contributed by atoms with Gasteiger partial charge in [0.15, 0.2) is 0 Å². The number of benzene rings is 1. The molecule has 0 heterocycles. The van der Waals surface area contributed by atoms with Gasteiger partial charge in [0.1, 0.15) is 0 Å². The predicted octanol–water partition coefficient (Wildman–Crippen LogP) is 0.450. The van der Waals surface area contributed by atoms with E-state index in [-0.39, 0.29) is 103 Å². The molecule has 1 aliphatic rings. The van der Waals surface area contributed by atoms with E-state index in [1.807, 2.05) is 0 Å². The smallest absolute Gasteiger partial charge is 0 e. The van der Waals surface area contributed by atoms with E-state index in [4.69, 9.17) is 0 Å². The zero-order valence-electron chi connectivity index (χ0n) is 18.5. The molecule has 0 saturated heterocycles. The van der Waals surface area contributed by atoms with Crippen LogP contribution in [0.5, 0.6) is 0 Å². The first kappa shape index (κ1) is 47.0. The average Bonchev–Trinajstić information content (AvgIpc) is 3.18. The van der Waals surface area contributed by atoms with Crippen LogP contribution in [0.15, 0.2) is 54.6 Å². The first-order valence-electron chi connectivity index (χ1n) is 7.74. The molecule has 0 aliphatic heterocycles. The van der Waals surface area contributed by atoms with E-state index < -0.39 is 0 Å². The van der Waals surface area contributed by atoms with Crippen LogP contribution >= 0.6 is 0 Å². The Morgan fingerprint density at radius 1 is 0.862 bits per heavy atom. The van der Waals surface area contributed by atoms with Gasteiger partial charge in [-0.25, -0.2) is 6.07 Å². The van der Waals surface area contributed by atoms with Crippen molar-refractivity contribution in [2.45, 2.75) is 39.0 Å². The van der Waals surface area contributed by atoms with Crippen molar-refractivity contribution in [3.63, 3.8) is 0 Å². The number of rotatable bonds is 2. The van der Waals surface area contributed by atoms with Gasteiger partial charge >= 0.3 is 0 Å². The molecule has 3 aromatic rings. The van der Waals surface area contributed by atoms with Crippen LogP contribution in [-0.4, -0.2) is 21.9 Å². The van der Waals surface area contributed by atoms with Gasteiger partial charge in [0.05, 0.1) is 0 Å². The molecule has 3 aromatic carbocycles. The van der Waals surface area contributed by atoms with Crippen LogP contribution in [-0.2, 0) is 45.5 Å². The summed E-state index contributed by atoms with van der Waals surface area (Å²) in [6.45, 7) is 2.20. The van der Waals surface area contributed by atoms with Crippen molar-refractivity contribution in [3.8, 4) is 0 Å². The van der Waals surface area contributed by atoms with Crippen LogP contribution in [0.2, 0.25) is 0 Å². The first-order valence-corrected chi connectivity index (χ1v) is 7.74. The van der Waals surface area contributed by atoms with Gasteiger partial charge < -0.3 is 54.5 Å². The van der Waals surface area contributed by atoms with Gasteiger partial charge in [-0.2, -0.15) is 35.9 Å². The van der Waals surface area contributed by atoms with Gasteiger partial charge in [0.25, 0.3) is 0 Å². The summed E-state index contributed by atoms with van der Waals surface area (Å²) in [7, 11) is 0. The molecule has 29 heavy (non-hydrogen) atoms. The van der Waals surface area contributed by atoms with E-state index in [0.29, 0.717) is 0 Å².